The number of hydrogen-bond acceptors (Lipinski definition) is 5. The molecule has 0 unspecified atom stereocenters. The quantitative estimate of drug-likeness (QED) is 0.902. The summed E-state index contributed by atoms with van der Waals surface area (Å²) in [5, 5.41) is 2.90. The third-order valence-electron chi connectivity index (χ3n) is 3.15. The van der Waals surface area contributed by atoms with Crippen molar-refractivity contribution in [1.29, 1.82) is 0 Å². The molecular formula is C14H19F3N4O2. The van der Waals surface area contributed by atoms with Gasteiger partial charge in [-0.25, -0.2) is 14.8 Å². The van der Waals surface area contributed by atoms with Crippen molar-refractivity contribution < 1.29 is 22.7 Å². The molecule has 9 heteroatoms. The van der Waals surface area contributed by atoms with Gasteiger partial charge in [0.1, 0.15) is 23.4 Å². The van der Waals surface area contributed by atoms with E-state index in [1.165, 1.54) is 4.90 Å². The molecule has 1 aliphatic heterocycles. The monoisotopic (exact) mass is 332 g/mol. The molecule has 0 saturated carbocycles. The van der Waals surface area contributed by atoms with E-state index in [0.29, 0.717) is 19.5 Å². The summed E-state index contributed by atoms with van der Waals surface area (Å²) in [6, 6.07) is 0.675. The standard InChI is InChI=1S/C14H19F3N4O2/c1-13(2,3)23-12(22)21-5-4-9(7-21)20-11-6-10(14(15,16)17)18-8-19-11/h6,8-9H,4-5,7H2,1-3H3,(H,18,19,20)/t9-/m0/s1. The number of nitrogens with zero attached hydrogens (tertiary/aromatic N) is 3. The molecule has 1 amide bonds. The highest BCUT2D eigenvalue weighted by Crippen LogP contribution is 2.28. The SMILES string of the molecule is CC(C)(C)OC(=O)N1CC[C@H](Nc2cc(C(F)(F)F)ncn2)C1. The summed E-state index contributed by atoms with van der Waals surface area (Å²) in [6.45, 7) is 6.15. The van der Waals surface area contributed by atoms with Crippen molar-refractivity contribution in [3.63, 3.8) is 0 Å². The zero-order chi connectivity index (χ0) is 17.3. The van der Waals surface area contributed by atoms with E-state index in [2.05, 4.69) is 15.3 Å². The van der Waals surface area contributed by atoms with Crippen molar-refractivity contribution in [2.75, 3.05) is 18.4 Å². The van der Waals surface area contributed by atoms with E-state index in [4.69, 9.17) is 4.74 Å². The second-order valence-corrected chi connectivity index (χ2v) is 6.34. The van der Waals surface area contributed by atoms with Gasteiger partial charge in [-0.05, 0) is 27.2 Å². The van der Waals surface area contributed by atoms with Crippen LogP contribution >= 0.6 is 0 Å². The molecular weight excluding hydrogens is 313 g/mol. The van der Waals surface area contributed by atoms with Crippen LogP contribution in [0.3, 0.4) is 0 Å². The molecule has 6 nitrogen and oxygen atoms in total. The molecule has 1 saturated heterocycles. The Hall–Kier alpha value is -2.06. The Balaban J connectivity index is 1.95. The van der Waals surface area contributed by atoms with Crippen LogP contribution in [0.2, 0.25) is 0 Å². The van der Waals surface area contributed by atoms with Crippen molar-refractivity contribution in [1.82, 2.24) is 14.9 Å². The first-order valence-corrected chi connectivity index (χ1v) is 7.18. The van der Waals surface area contributed by atoms with Crippen LogP contribution in [0.25, 0.3) is 0 Å². The second kappa shape index (κ2) is 6.21. The zero-order valence-corrected chi connectivity index (χ0v) is 13.1. The molecule has 2 heterocycles. The number of alkyl halides is 3. The predicted molar refractivity (Wildman–Crippen MR) is 76.9 cm³/mol. The van der Waals surface area contributed by atoms with Gasteiger partial charge in [0.15, 0.2) is 0 Å². The molecule has 0 aliphatic carbocycles. The number of anilines is 1. The summed E-state index contributed by atoms with van der Waals surface area (Å²) >= 11 is 0. The first-order valence-electron chi connectivity index (χ1n) is 7.18. The van der Waals surface area contributed by atoms with Crippen molar-refractivity contribution in [2.24, 2.45) is 0 Å². The smallest absolute Gasteiger partial charge is 0.433 e. The molecule has 1 N–H and O–H groups in total. The summed E-state index contributed by atoms with van der Waals surface area (Å²) < 4.78 is 43.1. The summed E-state index contributed by atoms with van der Waals surface area (Å²) in [4.78, 5) is 20.5. The number of carbonyl (C=O) groups is 1. The minimum absolute atomic E-state index is 0.0864. The summed E-state index contributed by atoms with van der Waals surface area (Å²) in [5.74, 6) is 0.0864. The molecule has 1 fully saturated rings. The summed E-state index contributed by atoms with van der Waals surface area (Å²) in [6.07, 6.45) is -3.48. The van der Waals surface area contributed by atoms with Crippen LogP contribution in [0, 0.1) is 0 Å². The number of halogens is 3. The average molecular weight is 332 g/mol. The number of nitrogens with one attached hydrogen (secondary N) is 1. The van der Waals surface area contributed by atoms with Crippen molar-refractivity contribution in [3.8, 4) is 0 Å². The number of rotatable bonds is 2. The van der Waals surface area contributed by atoms with Gasteiger partial charge in [-0.1, -0.05) is 0 Å². The van der Waals surface area contributed by atoms with Gasteiger partial charge in [0.05, 0.1) is 0 Å². The lowest BCUT2D eigenvalue weighted by molar-refractivity contribution is -0.141. The Morgan fingerprint density at radius 1 is 1.35 bits per heavy atom. The van der Waals surface area contributed by atoms with Gasteiger partial charge in [0, 0.05) is 25.2 Å². The Labute approximate surface area is 132 Å². The average Bonchev–Trinajstić information content (AvgIpc) is 2.85. The fourth-order valence-corrected chi connectivity index (χ4v) is 2.17. The first kappa shape index (κ1) is 17.3. The van der Waals surface area contributed by atoms with E-state index >= 15 is 0 Å². The highest BCUT2D eigenvalue weighted by atomic mass is 19.4. The maximum Gasteiger partial charge on any atom is 0.433 e. The van der Waals surface area contributed by atoms with Crippen LogP contribution in [0.4, 0.5) is 23.8 Å². The molecule has 23 heavy (non-hydrogen) atoms. The second-order valence-electron chi connectivity index (χ2n) is 6.34. The molecule has 1 aromatic heterocycles. The first-order chi connectivity index (χ1) is 10.5. The van der Waals surface area contributed by atoms with E-state index in [1.807, 2.05) is 0 Å². The van der Waals surface area contributed by atoms with Crippen LogP contribution in [0.1, 0.15) is 32.9 Å². The van der Waals surface area contributed by atoms with Crippen LogP contribution in [0.15, 0.2) is 12.4 Å². The Bertz CT molecular complexity index is 572. The van der Waals surface area contributed by atoms with E-state index in [-0.39, 0.29) is 11.9 Å². The molecule has 0 radical (unpaired) electrons. The fraction of sp³-hybridized carbons (Fsp3) is 0.643. The van der Waals surface area contributed by atoms with Crippen LogP contribution < -0.4 is 5.32 Å². The van der Waals surface area contributed by atoms with Crippen LogP contribution in [-0.4, -0.2) is 45.7 Å². The maximum atomic E-state index is 12.6. The molecule has 128 valence electrons. The number of carbonyl (C=O) groups excluding carboxylic acids is 1. The van der Waals surface area contributed by atoms with Gasteiger partial charge in [-0.3, -0.25) is 0 Å². The van der Waals surface area contributed by atoms with Gasteiger partial charge in [-0.2, -0.15) is 13.2 Å². The summed E-state index contributed by atoms with van der Waals surface area (Å²) in [5.41, 5.74) is -1.59. The highest BCUT2D eigenvalue weighted by Gasteiger charge is 2.34. The topological polar surface area (TPSA) is 67.3 Å². The third-order valence-corrected chi connectivity index (χ3v) is 3.15. The molecule has 1 atom stereocenters. The van der Waals surface area contributed by atoms with Crippen molar-refractivity contribution in [3.05, 3.63) is 18.1 Å². The van der Waals surface area contributed by atoms with Crippen molar-refractivity contribution >= 4 is 11.9 Å². The molecule has 1 aromatic rings. The van der Waals surface area contributed by atoms with Gasteiger partial charge in [-0.15, -0.1) is 0 Å². The van der Waals surface area contributed by atoms with E-state index in [1.54, 1.807) is 20.8 Å². The number of likely N-dealkylation sites (tertiary alicyclic amines) is 1. The lowest BCUT2D eigenvalue weighted by Gasteiger charge is -2.24. The normalized spacial score (nSPS) is 18.9. The van der Waals surface area contributed by atoms with E-state index in [0.717, 1.165) is 12.4 Å². The number of amides is 1. The van der Waals surface area contributed by atoms with Crippen molar-refractivity contribution in [2.45, 2.75) is 45.0 Å². The lowest BCUT2D eigenvalue weighted by atomic mass is 10.2. The Morgan fingerprint density at radius 2 is 2.04 bits per heavy atom. The Kier molecular flexibility index (Phi) is 4.67. The zero-order valence-electron chi connectivity index (χ0n) is 13.1. The van der Waals surface area contributed by atoms with Crippen LogP contribution in [0.5, 0.6) is 0 Å². The minimum atomic E-state index is -4.52. The number of aromatic nitrogens is 2. The largest absolute Gasteiger partial charge is 0.444 e. The van der Waals surface area contributed by atoms with Crippen LogP contribution in [-0.2, 0) is 10.9 Å². The molecule has 0 aromatic carbocycles. The maximum absolute atomic E-state index is 12.6. The number of ether oxygens (including phenoxy) is 1. The number of hydrogen-bond donors (Lipinski definition) is 1. The molecule has 0 bridgehead atoms. The van der Waals surface area contributed by atoms with E-state index < -0.39 is 23.6 Å². The molecule has 2 rings (SSSR count). The Morgan fingerprint density at radius 3 is 2.65 bits per heavy atom. The van der Waals surface area contributed by atoms with Gasteiger partial charge in [0.2, 0.25) is 0 Å². The minimum Gasteiger partial charge on any atom is -0.444 e. The lowest BCUT2D eigenvalue weighted by Crippen LogP contribution is -2.36. The third kappa shape index (κ3) is 4.97. The predicted octanol–water partition coefficient (Wildman–Crippen LogP) is 2.92. The van der Waals surface area contributed by atoms with Gasteiger partial charge in [0.25, 0.3) is 0 Å². The fourth-order valence-electron chi connectivity index (χ4n) is 2.17. The van der Waals surface area contributed by atoms with Gasteiger partial charge >= 0.3 is 12.3 Å². The van der Waals surface area contributed by atoms with E-state index in [9.17, 15) is 18.0 Å². The molecule has 0 spiro atoms. The highest BCUT2D eigenvalue weighted by molar-refractivity contribution is 5.68. The molecule has 1 aliphatic rings. The van der Waals surface area contributed by atoms with Gasteiger partial charge < -0.3 is 15.0 Å². The summed E-state index contributed by atoms with van der Waals surface area (Å²) in [7, 11) is 0.